The number of amides is 1. The SMILES string of the molecule is CC(C)(C)CC(=O)N(Cc1ccc(F)cc1F)CC1CC(c2ccccc2F)=NO1. The number of nitrogens with zero attached hydrogens (tertiary/aromatic N) is 2. The quantitative estimate of drug-likeness (QED) is 0.658. The van der Waals surface area contributed by atoms with Gasteiger partial charge in [0, 0.05) is 36.6 Å². The highest BCUT2D eigenvalue weighted by atomic mass is 19.1. The molecule has 0 aromatic heterocycles. The number of rotatable bonds is 6. The summed E-state index contributed by atoms with van der Waals surface area (Å²) in [6.07, 6.45) is 0.0995. The first-order valence-electron chi connectivity index (χ1n) is 9.82. The first-order valence-corrected chi connectivity index (χ1v) is 9.82. The summed E-state index contributed by atoms with van der Waals surface area (Å²) in [5, 5.41) is 3.99. The van der Waals surface area contributed by atoms with Crippen LogP contribution in [0, 0.1) is 22.9 Å². The second-order valence-corrected chi connectivity index (χ2v) is 8.70. The summed E-state index contributed by atoms with van der Waals surface area (Å²) < 4.78 is 41.5. The topological polar surface area (TPSA) is 41.9 Å². The van der Waals surface area contributed by atoms with Crippen molar-refractivity contribution in [1.82, 2.24) is 4.90 Å². The molecule has 3 rings (SSSR count). The van der Waals surface area contributed by atoms with Crippen molar-refractivity contribution in [3.63, 3.8) is 0 Å². The molecule has 0 spiro atoms. The molecule has 0 aliphatic carbocycles. The van der Waals surface area contributed by atoms with Gasteiger partial charge >= 0.3 is 0 Å². The van der Waals surface area contributed by atoms with Crippen LogP contribution in [0.1, 0.15) is 44.7 Å². The van der Waals surface area contributed by atoms with E-state index in [0.717, 1.165) is 12.1 Å². The van der Waals surface area contributed by atoms with E-state index in [-0.39, 0.29) is 36.4 Å². The zero-order valence-corrected chi connectivity index (χ0v) is 17.3. The number of carbonyl (C=O) groups is 1. The predicted octanol–water partition coefficient (Wildman–Crippen LogP) is 5.06. The monoisotopic (exact) mass is 418 g/mol. The molecule has 0 fully saturated rings. The number of benzene rings is 2. The molecule has 0 saturated carbocycles. The van der Waals surface area contributed by atoms with Crippen LogP contribution in [0.15, 0.2) is 47.6 Å². The van der Waals surface area contributed by atoms with Crippen LogP contribution in [0.2, 0.25) is 0 Å². The summed E-state index contributed by atoms with van der Waals surface area (Å²) in [7, 11) is 0. The number of halogens is 3. The minimum Gasteiger partial charge on any atom is -0.390 e. The molecule has 1 atom stereocenters. The van der Waals surface area contributed by atoms with Crippen LogP contribution in [-0.4, -0.2) is 29.2 Å². The van der Waals surface area contributed by atoms with Gasteiger partial charge in [-0.05, 0) is 17.5 Å². The Bertz CT molecular complexity index is 954. The van der Waals surface area contributed by atoms with Crippen molar-refractivity contribution in [1.29, 1.82) is 0 Å². The molecule has 1 heterocycles. The Labute approximate surface area is 174 Å². The van der Waals surface area contributed by atoms with Crippen molar-refractivity contribution in [2.24, 2.45) is 10.6 Å². The average Bonchev–Trinajstić information content (AvgIpc) is 3.10. The molecule has 0 radical (unpaired) electrons. The van der Waals surface area contributed by atoms with Gasteiger partial charge in [0.25, 0.3) is 0 Å². The molecule has 1 aliphatic heterocycles. The summed E-state index contributed by atoms with van der Waals surface area (Å²) >= 11 is 0. The Morgan fingerprint density at radius 2 is 1.87 bits per heavy atom. The van der Waals surface area contributed by atoms with E-state index in [9.17, 15) is 18.0 Å². The lowest BCUT2D eigenvalue weighted by molar-refractivity contribution is -0.135. The van der Waals surface area contributed by atoms with E-state index in [2.05, 4.69) is 5.16 Å². The molecule has 1 aliphatic rings. The van der Waals surface area contributed by atoms with Gasteiger partial charge in [0.2, 0.25) is 5.91 Å². The Morgan fingerprint density at radius 3 is 2.53 bits per heavy atom. The van der Waals surface area contributed by atoms with Crippen LogP contribution in [0.5, 0.6) is 0 Å². The van der Waals surface area contributed by atoms with E-state index in [0.29, 0.717) is 17.7 Å². The fourth-order valence-corrected chi connectivity index (χ4v) is 3.30. The average molecular weight is 418 g/mol. The molecule has 0 saturated heterocycles. The Hall–Kier alpha value is -2.83. The lowest BCUT2D eigenvalue weighted by atomic mass is 9.91. The van der Waals surface area contributed by atoms with Gasteiger partial charge in [-0.1, -0.05) is 50.2 Å². The molecule has 4 nitrogen and oxygen atoms in total. The highest BCUT2D eigenvalue weighted by Crippen LogP contribution is 2.24. The van der Waals surface area contributed by atoms with Gasteiger partial charge in [0.1, 0.15) is 17.5 Å². The first kappa shape index (κ1) is 21.9. The summed E-state index contributed by atoms with van der Waals surface area (Å²) in [6, 6.07) is 9.57. The second-order valence-electron chi connectivity index (χ2n) is 8.70. The number of oxime groups is 1. The van der Waals surface area contributed by atoms with Crippen LogP contribution in [0.25, 0.3) is 0 Å². The minimum absolute atomic E-state index is 0.0179. The molecular formula is C23H25F3N2O2. The molecule has 2 aromatic rings. The highest BCUT2D eigenvalue weighted by Gasteiger charge is 2.29. The first-order chi connectivity index (χ1) is 14.1. The molecule has 1 amide bonds. The number of carbonyl (C=O) groups excluding carboxylic acids is 1. The van der Waals surface area contributed by atoms with Gasteiger partial charge < -0.3 is 9.74 Å². The van der Waals surface area contributed by atoms with E-state index in [1.807, 2.05) is 20.8 Å². The van der Waals surface area contributed by atoms with Crippen LogP contribution < -0.4 is 0 Å². The highest BCUT2D eigenvalue weighted by molar-refractivity contribution is 6.01. The van der Waals surface area contributed by atoms with Crippen LogP contribution in [0.3, 0.4) is 0 Å². The van der Waals surface area contributed by atoms with Crippen LogP contribution in [-0.2, 0) is 16.2 Å². The third-order valence-electron chi connectivity index (χ3n) is 4.75. The fourth-order valence-electron chi connectivity index (χ4n) is 3.30. The summed E-state index contributed by atoms with van der Waals surface area (Å²) in [5.41, 5.74) is 0.778. The van der Waals surface area contributed by atoms with Crippen molar-refractivity contribution in [3.8, 4) is 0 Å². The van der Waals surface area contributed by atoms with Gasteiger partial charge in [-0.3, -0.25) is 4.79 Å². The lowest BCUT2D eigenvalue weighted by Gasteiger charge is -2.28. The maximum atomic E-state index is 14.2. The molecule has 7 heteroatoms. The molecular weight excluding hydrogens is 393 g/mol. The standard InChI is InChI=1S/C23H25F3N2O2/c1-23(2,3)12-22(29)28(13-15-8-9-16(24)10-20(15)26)14-17-11-21(27-30-17)18-6-4-5-7-19(18)25/h4-10,17H,11-14H2,1-3H3. The summed E-state index contributed by atoms with van der Waals surface area (Å²) in [6.45, 7) is 5.95. The van der Waals surface area contributed by atoms with Crippen molar-refractivity contribution >= 4 is 11.6 Å². The maximum Gasteiger partial charge on any atom is 0.223 e. The van der Waals surface area contributed by atoms with Gasteiger partial charge in [0.05, 0.1) is 12.3 Å². The number of hydrogen-bond acceptors (Lipinski definition) is 3. The Balaban J connectivity index is 1.74. The number of hydrogen-bond donors (Lipinski definition) is 0. The van der Waals surface area contributed by atoms with Gasteiger partial charge in [-0.25, -0.2) is 13.2 Å². The largest absolute Gasteiger partial charge is 0.390 e. The molecule has 0 N–H and O–H groups in total. The van der Waals surface area contributed by atoms with Gasteiger partial charge in [0.15, 0.2) is 6.10 Å². The maximum absolute atomic E-state index is 14.2. The van der Waals surface area contributed by atoms with Crippen molar-refractivity contribution < 1.29 is 22.8 Å². The van der Waals surface area contributed by atoms with E-state index < -0.39 is 23.6 Å². The van der Waals surface area contributed by atoms with Crippen molar-refractivity contribution in [3.05, 3.63) is 71.0 Å². The van der Waals surface area contributed by atoms with Crippen LogP contribution in [0.4, 0.5) is 13.2 Å². The normalized spacial score (nSPS) is 16.2. The van der Waals surface area contributed by atoms with E-state index in [4.69, 9.17) is 4.84 Å². The fraction of sp³-hybridized carbons (Fsp3) is 0.391. The molecule has 0 bridgehead atoms. The van der Waals surface area contributed by atoms with Gasteiger partial charge in [-0.2, -0.15) is 0 Å². The summed E-state index contributed by atoms with van der Waals surface area (Å²) in [4.78, 5) is 19.8. The van der Waals surface area contributed by atoms with Crippen LogP contribution >= 0.6 is 0 Å². The third kappa shape index (κ3) is 5.62. The van der Waals surface area contributed by atoms with E-state index in [1.165, 1.54) is 17.0 Å². The molecule has 1 unspecified atom stereocenters. The Morgan fingerprint density at radius 1 is 1.13 bits per heavy atom. The Kier molecular flexibility index (Phi) is 6.48. The molecule has 160 valence electrons. The van der Waals surface area contributed by atoms with E-state index in [1.54, 1.807) is 18.2 Å². The summed E-state index contributed by atoms with van der Waals surface area (Å²) in [5.74, 6) is -1.95. The minimum atomic E-state index is -0.709. The van der Waals surface area contributed by atoms with Gasteiger partial charge in [-0.15, -0.1) is 0 Å². The van der Waals surface area contributed by atoms with Crippen molar-refractivity contribution in [2.45, 2.75) is 46.3 Å². The third-order valence-corrected chi connectivity index (χ3v) is 4.75. The zero-order chi connectivity index (χ0) is 21.9. The zero-order valence-electron chi connectivity index (χ0n) is 17.3. The van der Waals surface area contributed by atoms with E-state index >= 15 is 0 Å². The smallest absolute Gasteiger partial charge is 0.223 e. The molecule has 30 heavy (non-hydrogen) atoms. The van der Waals surface area contributed by atoms with Crippen molar-refractivity contribution in [2.75, 3.05) is 6.54 Å². The molecule has 2 aromatic carbocycles. The lowest BCUT2D eigenvalue weighted by Crippen LogP contribution is -2.39. The predicted molar refractivity (Wildman–Crippen MR) is 108 cm³/mol. The second kappa shape index (κ2) is 8.90.